The Balaban J connectivity index is 2.17. The summed E-state index contributed by atoms with van der Waals surface area (Å²) in [5.41, 5.74) is 0.0781. The fraction of sp³-hybridized carbons (Fsp3) is 0.167. The van der Waals surface area contributed by atoms with E-state index in [-0.39, 0.29) is 11.6 Å². The molecule has 2 heterocycles. The van der Waals surface area contributed by atoms with Crippen LogP contribution in [0, 0.1) is 0 Å². The number of carboxylic acids is 1. The average molecular weight is 283 g/mol. The minimum atomic E-state index is -1.04. The van der Waals surface area contributed by atoms with Crippen LogP contribution in [0.1, 0.15) is 28.2 Å². The van der Waals surface area contributed by atoms with Gasteiger partial charge in [-0.1, -0.05) is 17.7 Å². The SMILES string of the molecule is CC(Nc1ncc(C(=O)O)cc1Cl)c1cccs1. The first-order valence-corrected chi connectivity index (χ1v) is 6.52. The Morgan fingerprint density at radius 3 is 2.94 bits per heavy atom. The Kier molecular flexibility index (Phi) is 3.84. The van der Waals surface area contributed by atoms with Crippen molar-refractivity contribution < 1.29 is 9.90 Å². The lowest BCUT2D eigenvalue weighted by atomic mass is 10.2. The highest BCUT2D eigenvalue weighted by Gasteiger charge is 2.12. The third-order valence-corrected chi connectivity index (χ3v) is 3.75. The summed E-state index contributed by atoms with van der Waals surface area (Å²) in [6, 6.07) is 5.45. The van der Waals surface area contributed by atoms with Gasteiger partial charge in [-0.05, 0) is 24.4 Å². The summed E-state index contributed by atoms with van der Waals surface area (Å²) in [5.74, 6) is -0.551. The number of rotatable bonds is 4. The van der Waals surface area contributed by atoms with Crippen LogP contribution in [0.2, 0.25) is 5.02 Å². The van der Waals surface area contributed by atoms with Crippen LogP contribution in [-0.4, -0.2) is 16.1 Å². The number of nitrogens with one attached hydrogen (secondary N) is 1. The van der Waals surface area contributed by atoms with Crippen LogP contribution in [-0.2, 0) is 0 Å². The summed E-state index contributed by atoms with van der Waals surface area (Å²) in [7, 11) is 0. The lowest BCUT2D eigenvalue weighted by molar-refractivity contribution is 0.0696. The second-order valence-corrected chi connectivity index (χ2v) is 5.13. The third-order valence-electron chi connectivity index (χ3n) is 2.41. The monoisotopic (exact) mass is 282 g/mol. The molecular formula is C12H11ClN2O2S. The fourth-order valence-electron chi connectivity index (χ4n) is 1.47. The van der Waals surface area contributed by atoms with Crippen molar-refractivity contribution in [2.45, 2.75) is 13.0 Å². The maximum absolute atomic E-state index is 10.8. The van der Waals surface area contributed by atoms with Crippen LogP contribution in [0.3, 0.4) is 0 Å². The van der Waals surface area contributed by atoms with E-state index in [2.05, 4.69) is 10.3 Å². The molecule has 0 aromatic carbocycles. The molecule has 0 amide bonds. The van der Waals surface area contributed by atoms with Gasteiger partial charge in [0.05, 0.1) is 16.6 Å². The zero-order valence-electron chi connectivity index (χ0n) is 9.55. The molecule has 0 aliphatic carbocycles. The molecule has 0 spiro atoms. The molecule has 0 aliphatic heterocycles. The Bertz CT molecular complexity index is 557. The molecule has 0 radical (unpaired) electrons. The molecule has 1 unspecified atom stereocenters. The maximum Gasteiger partial charge on any atom is 0.337 e. The molecule has 4 nitrogen and oxygen atoms in total. The lowest BCUT2D eigenvalue weighted by Gasteiger charge is -2.14. The number of halogens is 1. The van der Waals surface area contributed by atoms with Crippen LogP contribution in [0.25, 0.3) is 0 Å². The maximum atomic E-state index is 10.8. The molecule has 0 fully saturated rings. The first-order valence-electron chi connectivity index (χ1n) is 5.26. The number of pyridine rings is 1. The molecule has 0 saturated carbocycles. The lowest BCUT2D eigenvalue weighted by Crippen LogP contribution is -2.08. The zero-order valence-corrected chi connectivity index (χ0v) is 11.1. The molecule has 94 valence electrons. The van der Waals surface area contributed by atoms with Gasteiger partial charge in [0.2, 0.25) is 0 Å². The number of nitrogens with zero attached hydrogens (tertiary/aromatic N) is 1. The van der Waals surface area contributed by atoms with E-state index < -0.39 is 5.97 Å². The van der Waals surface area contributed by atoms with Crippen LogP contribution in [0.15, 0.2) is 29.8 Å². The molecular weight excluding hydrogens is 272 g/mol. The third kappa shape index (κ3) is 2.80. The normalized spacial score (nSPS) is 12.1. The van der Waals surface area contributed by atoms with Crippen molar-refractivity contribution in [2.24, 2.45) is 0 Å². The first-order chi connectivity index (χ1) is 8.58. The van der Waals surface area contributed by atoms with Crippen LogP contribution >= 0.6 is 22.9 Å². The van der Waals surface area contributed by atoms with Crippen molar-refractivity contribution in [1.82, 2.24) is 4.98 Å². The van der Waals surface area contributed by atoms with E-state index in [1.165, 1.54) is 12.3 Å². The van der Waals surface area contributed by atoms with Crippen molar-refractivity contribution in [1.29, 1.82) is 0 Å². The second kappa shape index (κ2) is 5.37. The van der Waals surface area contributed by atoms with Gasteiger partial charge in [-0.25, -0.2) is 9.78 Å². The highest BCUT2D eigenvalue weighted by molar-refractivity contribution is 7.10. The minimum absolute atomic E-state index is 0.0747. The van der Waals surface area contributed by atoms with Crippen LogP contribution in [0.5, 0.6) is 0 Å². The number of aromatic nitrogens is 1. The van der Waals surface area contributed by atoms with Crippen molar-refractivity contribution in [2.75, 3.05) is 5.32 Å². The van der Waals surface area contributed by atoms with Crippen molar-refractivity contribution in [3.63, 3.8) is 0 Å². The highest BCUT2D eigenvalue weighted by Crippen LogP contribution is 2.26. The molecule has 0 aliphatic rings. The fourth-order valence-corrected chi connectivity index (χ4v) is 2.43. The quantitative estimate of drug-likeness (QED) is 0.898. The predicted octanol–water partition coefficient (Wildman–Crippen LogP) is 3.67. The summed E-state index contributed by atoms with van der Waals surface area (Å²) in [6.07, 6.45) is 1.29. The second-order valence-electron chi connectivity index (χ2n) is 3.74. The number of carboxylic acid groups (broad SMARTS) is 1. The van der Waals surface area contributed by atoms with E-state index in [0.717, 1.165) is 4.88 Å². The number of hydrogen-bond donors (Lipinski definition) is 2. The average Bonchev–Trinajstić information content (AvgIpc) is 2.85. The summed E-state index contributed by atoms with van der Waals surface area (Å²) in [6.45, 7) is 1.99. The topological polar surface area (TPSA) is 62.2 Å². The summed E-state index contributed by atoms with van der Waals surface area (Å²) >= 11 is 7.63. The molecule has 2 rings (SSSR count). The van der Waals surface area contributed by atoms with E-state index in [0.29, 0.717) is 10.8 Å². The number of anilines is 1. The molecule has 1 atom stereocenters. The van der Waals surface area contributed by atoms with Gasteiger partial charge in [0.25, 0.3) is 0 Å². The van der Waals surface area contributed by atoms with Crippen molar-refractivity contribution in [3.05, 3.63) is 45.2 Å². The number of thiophene rings is 1. The summed E-state index contributed by atoms with van der Waals surface area (Å²) < 4.78 is 0. The van der Waals surface area contributed by atoms with E-state index >= 15 is 0 Å². The van der Waals surface area contributed by atoms with Gasteiger partial charge >= 0.3 is 5.97 Å². The number of aromatic carboxylic acids is 1. The Labute approximate surface area is 113 Å². The van der Waals surface area contributed by atoms with Crippen LogP contribution < -0.4 is 5.32 Å². The minimum Gasteiger partial charge on any atom is -0.478 e. The van der Waals surface area contributed by atoms with Gasteiger partial charge in [0.1, 0.15) is 5.82 Å². The molecule has 2 aromatic heterocycles. The van der Waals surface area contributed by atoms with Crippen molar-refractivity contribution in [3.8, 4) is 0 Å². The summed E-state index contributed by atoms with van der Waals surface area (Å²) in [5, 5.41) is 14.3. The molecule has 18 heavy (non-hydrogen) atoms. The Morgan fingerprint density at radius 1 is 1.61 bits per heavy atom. The largest absolute Gasteiger partial charge is 0.478 e. The number of carbonyl (C=O) groups is 1. The highest BCUT2D eigenvalue weighted by atomic mass is 35.5. The van der Waals surface area contributed by atoms with Gasteiger partial charge in [-0.15, -0.1) is 11.3 Å². The smallest absolute Gasteiger partial charge is 0.337 e. The molecule has 2 aromatic rings. The van der Waals surface area contributed by atoms with E-state index in [9.17, 15) is 4.79 Å². The molecule has 6 heteroatoms. The van der Waals surface area contributed by atoms with Gasteiger partial charge in [0, 0.05) is 11.1 Å². The van der Waals surface area contributed by atoms with E-state index in [1.807, 2.05) is 24.4 Å². The Hall–Kier alpha value is -1.59. The number of hydrogen-bond acceptors (Lipinski definition) is 4. The zero-order chi connectivity index (χ0) is 13.1. The van der Waals surface area contributed by atoms with E-state index in [1.54, 1.807) is 11.3 Å². The Morgan fingerprint density at radius 2 is 2.39 bits per heavy atom. The first kappa shape index (κ1) is 12.9. The van der Waals surface area contributed by atoms with E-state index in [4.69, 9.17) is 16.7 Å². The van der Waals surface area contributed by atoms with Gasteiger partial charge in [-0.2, -0.15) is 0 Å². The summed E-state index contributed by atoms with van der Waals surface area (Å²) in [4.78, 5) is 15.9. The van der Waals surface area contributed by atoms with Gasteiger partial charge < -0.3 is 10.4 Å². The van der Waals surface area contributed by atoms with Gasteiger partial charge in [-0.3, -0.25) is 0 Å². The molecule has 2 N–H and O–H groups in total. The van der Waals surface area contributed by atoms with Crippen LogP contribution in [0.4, 0.5) is 5.82 Å². The van der Waals surface area contributed by atoms with Gasteiger partial charge in [0.15, 0.2) is 0 Å². The predicted molar refractivity (Wildman–Crippen MR) is 72.6 cm³/mol. The standard InChI is InChI=1S/C12H11ClN2O2S/c1-7(10-3-2-4-18-10)15-11-9(13)5-8(6-14-11)12(16)17/h2-7H,1H3,(H,14,15)(H,16,17). The molecule has 0 saturated heterocycles. The van der Waals surface area contributed by atoms with Crippen molar-refractivity contribution >= 4 is 34.7 Å². The molecule has 0 bridgehead atoms.